The van der Waals surface area contributed by atoms with E-state index in [1.54, 1.807) is 17.3 Å². The maximum atomic E-state index is 13.3. The summed E-state index contributed by atoms with van der Waals surface area (Å²) in [6, 6.07) is 3.45. The molecule has 3 amide bonds. The summed E-state index contributed by atoms with van der Waals surface area (Å²) in [7, 11) is 0. The molecule has 8 nitrogen and oxygen atoms in total. The van der Waals surface area contributed by atoms with E-state index in [2.05, 4.69) is 34.4 Å². The Morgan fingerprint density at radius 2 is 2.15 bits per heavy atom. The van der Waals surface area contributed by atoms with Crippen LogP contribution in [0.5, 0.6) is 0 Å². The Morgan fingerprint density at radius 1 is 1.33 bits per heavy atom. The number of thiophene rings is 1. The lowest BCUT2D eigenvalue weighted by Gasteiger charge is -2.29. The first-order valence-electron chi connectivity index (χ1n) is 11.4. The summed E-state index contributed by atoms with van der Waals surface area (Å²) in [4.78, 5) is 38.3. The molecule has 2 aliphatic rings. The number of carbonyl (C=O) groups excluding carboxylic acids is 2. The molecule has 0 aromatic carbocycles. The molecule has 0 bridgehead atoms. The molecule has 1 aliphatic heterocycles. The van der Waals surface area contributed by atoms with Crippen molar-refractivity contribution < 1.29 is 9.59 Å². The number of nitrogens with two attached hydrogens (primary N) is 1. The van der Waals surface area contributed by atoms with E-state index < -0.39 is 0 Å². The SMILES string of the molecule is Cc1cc(CC(C)C)ncc1N1C(=O)Nc2c(C(=O)N[C@@H]3CCC[C@@H]3N)sc3nccc1c23. The van der Waals surface area contributed by atoms with Crippen molar-refractivity contribution in [3.8, 4) is 0 Å². The minimum atomic E-state index is -0.318. The Morgan fingerprint density at radius 3 is 2.85 bits per heavy atom. The van der Waals surface area contributed by atoms with Gasteiger partial charge in [-0.2, -0.15) is 0 Å². The van der Waals surface area contributed by atoms with E-state index >= 15 is 0 Å². The second kappa shape index (κ2) is 8.39. The Labute approximate surface area is 196 Å². The molecule has 172 valence electrons. The Balaban J connectivity index is 1.54. The van der Waals surface area contributed by atoms with Crippen LogP contribution in [-0.4, -0.2) is 34.0 Å². The van der Waals surface area contributed by atoms with Gasteiger partial charge in [-0.3, -0.25) is 14.7 Å². The molecule has 9 heteroatoms. The largest absolute Gasteiger partial charge is 0.347 e. The second-order valence-electron chi connectivity index (χ2n) is 9.32. The molecule has 1 aliphatic carbocycles. The summed E-state index contributed by atoms with van der Waals surface area (Å²) in [6.07, 6.45) is 7.09. The van der Waals surface area contributed by atoms with Crippen molar-refractivity contribution >= 4 is 50.6 Å². The van der Waals surface area contributed by atoms with Gasteiger partial charge in [-0.05, 0) is 56.2 Å². The minimum Gasteiger partial charge on any atom is -0.347 e. The van der Waals surface area contributed by atoms with Gasteiger partial charge in [0.1, 0.15) is 9.71 Å². The minimum absolute atomic E-state index is 0.0346. The summed E-state index contributed by atoms with van der Waals surface area (Å²) in [6.45, 7) is 6.30. The molecular formula is C24H28N6O2S. The fourth-order valence-corrected chi connectivity index (χ4v) is 5.78. The van der Waals surface area contributed by atoms with E-state index in [0.29, 0.717) is 32.7 Å². The number of anilines is 3. The maximum Gasteiger partial charge on any atom is 0.331 e. The fourth-order valence-electron chi connectivity index (χ4n) is 4.76. The van der Waals surface area contributed by atoms with Crippen LogP contribution in [0.15, 0.2) is 24.5 Å². The van der Waals surface area contributed by atoms with E-state index in [1.807, 2.05) is 19.1 Å². The monoisotopic (exact) mass is 464 g/mol. The number of hydrogen-bond donors (Lipinski definition) is 3. The molecule has 0 radical (unpaired) electrons. The molecule has 3 aromatic rings. The smallest absolute Gasteiger partial charge is 0.331 e. The third-order valence-corrected chi connectivity index (χ3v) is 7.43. The summed E-state index contributed by atoms with van der Waals surface area (Å²) in [5.41, 5.74) is 10.0. The van der Waals surface area contributed by atoms with Gasteiger partial charge in [-0.1, -0.05) is 13.8 Å². The lowest BCUT2D eigenvalue weighted by molar-refractivity contribution is 0.0939. The molecule has 4 N–H and O–H groups in total. The molecule has 1 fully saturated rings. The first-order valence-corrected chi connectivity index (χ1v) is 12.2. The number of amides is 3. The van der Waals surface area contributed by atoms with E-state index in [4.69, 9.17) is 5.73 Å². The van der Waals surface area contributed by atoms with E-state index in [9.17, 15) is 9.59 Å². The zero-order chi connectivity index (χ0) is 23.3. The van der Waals surface area contributed by atoms with Crippen LogP contribution in [0.25, 0.3) is 10.2 Å². The molecule has 0 unspecified atom stereocenters. The van der Waals surface area contributed by atoms with Crippen molar-refractivity contribution in [2.45, 2.75) is 58.5 Å². The number of pyridine rings is 2. The molecule has 2 atom stereocenters. The Hall–Kier alpha value is -3.04. The predicted octanol–water partition coefficient (Wildman–Crippen LogP) is 4.49. The highest BCUT2D eigenvalue weighted by molar-refractivity contribution is 7.21. The third-order valence-electron chi connectivity index (χ3n) is 6.34. The van der Waals surface area contributed by atoms with Gasteiger partial charge in [0.15, 0.2) is 0 Å². The molecule has 3 aromatic heterocycles. The van der Waals surface area contributed by atoms with Crippen molar-refractivity contribution in [3.63, 3.8) is 0 Å². The van der Waals surface area contributed by atoms with Gasteiger partial charge in [0.2, 0.25) is 0 Å². The lowest BCUT2D eigenvalue weighted by atomic mass is 10.0. The van der Waals surface area contributed by atoms with Gasteiger partial charge in [0.05, 0.1) is 28.6 Å². The average molecular weight is 465 g/mol. The molecule has 0 spiro atoms. The molecule has 5 rings (SSSR count). The molecule has 33 heavy (non-hydrogen) atoms. The average Bonchev–Trinajstić information content (AvgIpc) is 3.33. The van der Waals surface area contributed by atoms with E-state index in [0.717, 1.165) is 42.3 Å². The van der Waals surface area contributed by atoms with Crippen molar-refractivity contribution in [2.24, 2.45) is 11.7 Å². The standard InChI is InChI=1S/C24H28N6O2S/c1-12(2)9-14-10-13(3)18(11-27-14)30-17-7-8-26-23-19(17)20(29-24(30)32)21(33-23)22(31)28-16-6-4-5-15(16)25/h7-8,10-12,15-16H,4-6,9,25H2,1-3H3,(H,28,31)(H,29,32)/t15-,16+/m0/s1. The normalized spacial score (nSPS) is 19.9. The Kier molecular flexibility index (Phi) is 5.54. The third kappa shape index (κ3) is 3.85. The number of hydrogen-bond acceptors (Lipinski definition) is 6. The van der Waals surface area contributed by atoms with Gasteiger partial charge in [0, 0.05) is 24.0 Å². The van der Waals surface area contributed by atoms with E-state index in [-0.39, 0.29) is 24.0 Å². The van der Waals surface area contributed by atoms with Gasteiger partial charge in [-0.15, -0.1) is 11.3 Å². The van der Waals surface area contributed by atoms with Crippen molar-refractivity contribution in [3.05, 3.63) is 40.7 Å². The van der Waals surface area contributed by atoms with Crippen molar-refractivity contribution in [2.75, 3.05) is 10.2 Å². The maximum absolute atomic E-state index is 13.3. The topological polar surface area (TPSA) is 113 Å². The predicted molar refractivity (Wildman–Crippen MR) is 131 cm³/mol. The van der Waals surface area contributed by atoms with Gasteiger partial charge < -0.3 is 16.4 Å². The van der Waals surface area contributed by atoms with Gasteiger partial charge in [-0.25, -0.2) is 9.78 Å². The van der Waals surface area contributed by atoms with Crippen LogP contribution in [0.1, 0.15) is 54.0 Å². The lowest BCUT2D eigenvalue weighted by Crippen LogP contribution is -2.44. The molecule has 0 saturated heterocycles. The highest BCUT2D eigenvalue weighted by Gasteiger charge is 2.34. The summed E-state index contributed by atoms with van der Waals surface area (Å²) in [5.74, 6) is 0.281. The number of aryl methyl sites for hydroxylation is 1. The van der Waals surface area contributed by atoms with Crippen LogP contribution in [0.2, 0.25) is 0 Å². The highest BCUT2D eigenvalue weighted by Crippen LogP contribution is 2.46. The number of rotatable bonds is 5. The second-order valence-corrected chi connectivity index (χ2v) is 10.3. The number of nitrogens with zero attached hydrogens (tertiary/aromatic N) is 3. The highest BCUT2D eigenvalue weighted by atomic mass is 32.1. The number of nitrogens with one attached hydrogen (secondary N) is 2. The van der Waals surface area contributed by atoms with Crippen molar-refractivity contribution in [1.82, 2.24) is 15.3 Å². The summed E-state index contributed by atoms with van der Waals surface area (Å²) < 4.78 is 0. The van der Waals surface area contributed by atoms with Crippen LogP contribution in [-0.2, 0) is 6.42 Å². The van der Waals surface area contributed by atoms with Crippen molar-refractivity contribution in [1.29, 1.82) is 0 Å². The first-order chi connectivity index (χ1) is 15.8. The quantitative estimate of drug-likeness (QED) is 0.515. The first kappa shape index (κ1) is 21.8. The number of carbonyl (C=O) groups is 2. The zero-order valence-corrected chi connectivity index (χ0v) is 19.8. The fraction of sp³-hybridized carbons (Fsp3) is 0.417. The van der Waals surface area contributed by atoms with Crippen LogP contribution in [0.3, 0.4) is 0 Å². The zero-order valence-electron chi connectivity index (χ0n) is 19.0. The summed E-state index contributed by atoms with van der Waals surface area (Å²) >= 11 is 1.29. The van der Waals surface area contributed by atoms with Crippen LogP contribution >= 0.6 is 11.3 Å². The van der Waals surface area contributed by atoms with Gasteiger partial charge >= 0.3 is 6.03 Å². The van der Waals surface area contributed by atoms with Crippen LogP contribution < -0.4 is 21.3 Å². The van der Waals surface area contributed by atoms with Gasteiger partial charge in [0.25, 0.3) is 5.91 Å². The van der Waals surface area contributed by atoms with Crippen LogP contribution in [0, 0.1) is 12.8 Å². The molecular weight excluding hydrogens is 436 g/mol. The Bertz CT molecular complexity index is 1250. The molecule has 4 heterocycles. The molecule has 1 saturated carbocycles. The van der Waals surface area contributed by atoms with E-state index in [1.165, 1.54) is 11.3 Å². The number of aromatic nitrogens is 2. The van der Waals surface area contributed by atoms with Crippen LogP contribution in [0.4, 0.5) is 21.9 Å². The summed E-state index contributed by atoms with van der Waals surface area (Å²) in [5, 5.41) is 6.78. The number of urea groups is 1.